The first-order valence-corrected chi connectivity index (χ1v) is 10.6. The number of ketones is 2. The Balaban J connectivity index is 4.93. The SMILES string of the molecule is CC(=O)C(CC(C(=O)O)C(=O)O)NCCCC(C)C(=O)C(CC(NC(C)C)C(=O)O)C(=O)O. The van der Waals surface area contributed by atoms with Gasteiger partial charge in [0.15, 0.2) is 5.92 Å². The maximum atomic E-state index is 12.7. The third-order valence-electron chi connectivity index (χ3n) is 5.19. The largest absolute Gasteiger partial charge is 0.481 e. The lowest BCUT2D eigenvalue weighted by Crippen LogP contribution is -2.45. The number of carbonyl (C=O) groups excluding carboxylic acids is 2. The molecule has 0 saturated heterocycles. The lowest BCUT2D eigenvalue weighted by Gasteiger charge is -2.22. The summed E-state index contributed by atoms with van der Waals surface area (Å²) in [6.45, 7) is 6.29. The molecular weight excluding hydrogens is 440 g/mol. The summed E-state index contributed by atoms with van der Waals surface area (Å²) in [7, 11) is 0. The third-order valence-corrected chi connectivity index (χ3v) is 5.19. The van der Waals surface area contributed by atoms with Crippen molar-refractivity contribution in [1.82, 2.24) is 10.6 Å². The highest BCUT2D eigenvalue weighted by Gasteiger charge is 2.35. The molecule has 0 bridgehead atoms. The Kier molecular flexibility index (Phi) is 13.1. The smallest absolute Gasteiger partial charge is 0.320 e. The van der Waals surface area contributed by atoms with E-state index in [4.69, 9.17) is 10.2 Å². The van der Waals surface area contributed by atoms with Crippen LogP contribution < -0.4 is 10.6 Å². The van der Waals surface area contributed by atoms with Crippen LogP contribution in [0.4, 0.5) is 0 Å². The normalized spacial score (nSPS) is 15.0. The molecule has 0 aliphatic carbocycles. The highest BCUT2D eigenvalue weighted by atomic mass is 16.4. The number of hydrogen-bond donors (Lipinski definition) is 6. The number of Topliss-reactive ketones (excluding diaryl/α,β-unsaturated/α-hetero) is 2. The molecule has 0 rings (SSSR count). The molecule has 188 valence electrons. The van der Waals surface area contributed by atoms with E-state index in [2.05, 4.69) is 10.6 Å². The second kappa shape index (κ2) is 14.3. The first-order chi connectivity index (χ1) is 15.2. The van der Waals surface area contributed by atoms with E-state index in [9.17, 15) is 39.0 Å². The van der Waals surface area contributed by atoms with Gasteiger partial charge in [-0.15, -0.1) is 0 Å². The van der Waals surface area contributed by atoms with Crippen molar-refractivity contribution in [3.05, 3.63) is 0 Å². The van der Waals surface area contributed by atoms with Gasteiger partial charge in [0.05, 0.1) is 6.04 Å². The van der Waals surface area contributed by atoms with Gasteiger partial charge < -0.3 is 31.1 Å². The minimum Gasteiger partial charge on any atom is -0.481 e. The van der Waals surface area contributed by atoms with Crippen molar-refractivity contribution < 1.29 is 49.2 Å². The first-order valence-electron chi connectivity index (χ1n) is 10.6. The summed E-state index contributed by atoms with van der Waals surface area (Å²) in [4.78, 5) is 69.5. The molecule has 12 heteroatoms. The van der Waals surface area contributed by atoms with Crippen LogP contribution in [0.15, 0.2) is 0 Å². The van der Waals surface area contributed by atoms with Crippen LogP contribution in [0, 0.1) is 17.8 Å². The van der Waals surface area contributed by atoms with Crippen LogP contribution in [0.5, 0.6) is 0 Å². The van der Waals surface area contributed by atoms with E-state index >= 15 is 0 Å². The van der Waals surface area contributed by atoms with Crippen molar-refractivity contribution >= 4 is 35.4 Å². The molecule has 0 aromatic rings. The molecule has 33 heavy (non-hydrogen) atoms. The fourth-order valence-corrected chi connectivity index (χ4v) is 3.32. The fraction of sp³-hybridized carbons (Fsp3) is 0.714. The number of hydrogen-bond acceptors (Lipinski definition) is 8. The Morgan fingerprint density at radius 1 is 0.727 bits per heavy atom. The van der Waals surface area contributed by atoms with Crippen LogP contribution in [0.2, 0.25) is 0 Å². The molecule has 4 atom stereocenters. The van der Waals surface area contributed by atoms with Crippen LogP contribution >= 0.6 is 0 Å². The van der Waals surface area contributed by atoms with Gasteiger partial charge in [-0.3, -0.25) is 28.8 Å². The molecule has 12 nitrogen and oxygen atoms in total. The Hall–Kier alpha value is -2.86. The lowest BCUT2D eigenvalue weighted by molar-refractivity contribution is -0.156. The number of carboxylic acids is 4. The first kappa shape index (κ1) is 30.1. The van der Waals surface area contributed by atoms with E-state index in [1.165, 1.54) is 13.8 Å². The Labute approximate surface area is 191 Å². The van der Waals surface area contributed by atoms with Crippen LogP contribution in [0.1, 0.15) is 53.4 Å². The standard InChI is InChI=1S/C21H34N2O10/c1-10(2)23-16(21(32)33)8-13(18(26)27)17(25)11(3)6-5-7-22-15(12(4)24)9-14(19(28)29)20(30)31/h10-11,13-16,22-23H,5-9H2,1-4H3,(H,26,27)(H,28,29)(H,30,31)(H,32,33). The molecular formula is C21H34N2O10. The van der Waals surface area contributed by atoms with Crippen molar-refractivity contribution in [3.63, 3.8) is 0 Å². The van der Waals surface area contributed by atoms with Crippen LogP contribution in [-0.4, -0.2) is 80.5 Å². The fourth-order valence-electron chi connectivity index (χ4n) is 3.32. The predicted molar refractivity (Wildman–Crippen MR) is 115 cm³/mol. The summed E-state index contributed by atoms with van der Waals surface area (Å²) in [6, 6.07) is -2.43. The van der Waals surface area contributed by atoms with E-state index in [0.717, 1.165) is 0 Å². The van der Waals surface area contributed by atoms with E-state index in [1.807, 2.05) is 0 Å². The molecule has 0 aromatic carbocycles. The highest BCUT2D eigenvalue weighted by molar-refractivity contribution is 5.99. The molecule has 0 saturated carbocycles. The van der Waals surface area contributed by atoms with E-state index in [1.54, 1.807) is 13.8 Å². The van der Waals surface area contributed by atoms with Gasteiger partial charge in [-0.2, -0.15) is 0 Å². The van der Waals surface area contributed by atoms with E-state index in [-0.39, 0.29) is 19.0 Å². The van der Waals surface area contributed by atoms with Crippen molar-refractivity contribution in [2.24, 2.45) is 17.8 Å². The van der Waals surface area contributed by atoms with Gasteiger partial charge in [-0.05, 0) is 39.2 Å². The molecule has 0 heterocycles. The van der Waals surface area contributed by atoms with Gasteiger partial charge in [0, 0.05) is 12.0 Å². The van der Waals surface area contributed by atoms with E-state index < -0.39 is 78.1 Å². The average molecular weight is 475 g/mol. The molecule has 0 fully saturated rings. The Morgan fingerprint density at radius 2 is 1.21 bits per heavy atom. The molecule has 0 aliphatic rings. The second-order valence-corrected chi connectivity index (χ2v) is 8.37. The molecule has 6 N–H and O–H groups in total. The molecule has 4 unspecified atom stereocenters. The Morgan fingerprint density at radius 3 is 1.61 bits per heavy atom. The number of nitrogens with one attached hydrogen (secondary N) is 2. The summed E-state index contributed by atoms with van der Waals surface area (Å²) in [5.41, 5.74) is 0. The van der Waals surface area contributed by atoms with Crippen LogP contribution in [0.3, 0.4) is 0 Å². The molecule has 0 radical (unpaired) electrons. The van der Waals surface area contributed by atoms with Gasteiger partial charge in [0.1, 0.15) is 23.5 Å². The summed E-state index contributed by atoms with van der Waals surface area (Å²) in [5, 5.41) is 42.2. The quantitative estimate of drug-likeness (QED) is 0.117. The minimum atomic E-state index is -1.75. The van der Waals surface area contributed by atoms with Crippen LogP contribution in [-0.2, 0) is 28.8 Å². The van der Waals surface area contributed by atoms with Crippen LogP contribution in [0.25, 0.3) is 0 Å². The maximum absolute atomic E-state index is 12.7. The number of aliphatic carboxylic acids is 4. The average Bonchev–Trinajstić information content (AvgIpc) is 2.67. The summed E-state index contributed by atoms with van der Waals surface area (Å²) in [5.74, 6) is -10.8. The van der Waals surface area contributed by atoms with E-state index in [0.29, 0.717) is 6.42 Å². The third kappa shape index (κ3) is 11.0. The second-order valence-electron chi connectivity index (χ2n) is 8.37. The van der Waals surface area contributed by atoms with Gasteiger partial charge in [0.25, 0.3) is 0 Å². The number of carbonyl (C=O) groups is 6. The molecule has 0 aliphatic heterocycles. The summed E-state index contributed by atoms with van der Waals surface area (Å²) in [6.07, 6.45) is -0.283. The van der Waals surface area contributed by atoms with Gasteiger partial charge in [0.2, 0.25) is 0 Å². The van der Waals surface area contributed by atoms with Crippen molar-refractivity contribution in [1.29, 1.82) is 0 Å². The monoisotopic (exact) mass is 474 g/mol. The molecule has 0 amide bonds. The lowest BCUT2D eigenvalue weighted by atomic mass is 9.86. The summed E-state index contributed by atoms with van der Waals surface area (Å²) < 4.78 is 0. The van der Waals surface area contributed by atoms with Crippen molar-refractivity contribution in [2.45, 2.75) is 71.5 Å². The topological polar surface area (TPSA) is 207 Å². The van der Waals surface area contributed by atoms with Gasteiger partial charge in [-0.1, -0.05) is 20.8 Å². The van der Waals surface area contributed by atoms with Crippen molar-refractivity contribution in [3.8, 4) is 0 Å². The summed E-state index contributed by atoms with van der Waals surface area (Å²) >= 11 is 0. The van der Waals surface area contributed by atoms with Gasteiger partial charge in [-0.25, -0.2) is 0 Å². The zero-order valence-electron chi connectivity index (χ0n) is 19.2. The minimum absolute atomic E-state index is 0.165. The van der Waals surface area contributed by atoms with Gasteiger partial charge >= 0.3 is 23.9 Å². The molecule has 0 aromatic heterocycles. The Bertz CT molecular complexity index is 723. The van der Waals surface area contributed by atoms with Crippen molar-refractivity contribution in [2.75, 3.05) is 6.54 Å². The highest BCUT2D eigenvalue weighted by Crippen LogP contribution is 2.19. The number of carboxylic acid groups (broad SMARTS) is 4. The number of rotatable bonds is 18. The molecule has 0 spiro atoms. The zero-order valence-corrected chi connectivity index (χ0v) is 19.2. The predicted octanol–water partition coefficient (Wildman–Crippen LogP) is 0.237. The zero-order chi connectivity index (χ0) is 25.9. The maximum Gasteiger partial charge on any atom is 0.320 e.